The summed E-state index contributed by atoms with van der Waals surface area (Å²) in [6.45, 7) is 4.47. The van der Waals surface area contributed by atoms with Gasteiger partial charge in [-0.3, -0.25) is 4.57 Å². The molecule has 0 aliphatic carbocycles. The van der Waals surface area contributed by atoms with Gasteiger partial charge in [0.05, 0.1) is 6.54 Å². The fourth-order valence-electron chi connectivity index (χ4n) is 3.70. The highest BCUT2D eigenvalue weighted by molar-refractivity contribution is 7.71. The Morgan fingerprint density at radius 2 is 1.89 bits per heavy atom. The van der Waals surface area contributed by atoms with Crippen molar-refractivity contribution in [3.05, 3.63) is 63.9 Å². The third kappa shape index (κ3) is 4.05. The van der Waals surface area contributed by atoms with E-state index >= 15 is 0 Å². The Morgan fingerprint density at radius 3 is 2.57 bits per heavy atom. The molecule has 1 saturated heterocycles. The highest BCUT2D eigenvalue weighted by Crippen LogP contribution is 2.24. The zero-order chi connectivity index (χ0) is 19.7. The normalized spacial score (nSPS) is 19.7. The maximum absolute atomic E-state index is 10.0. The summed E-state index contributed by atoms with van der Waals surface area (Å²) in [5, 5.41) is 15.5. The van der Waals surface area contributed by atoms with E-state index in [0.717, 1.165) is 43.0 Å². The van der Waals surface area contributed by atoms with Crippen LogP contribution in [0.15, 0.2) is 48.5 Å². The van der Waals surface area contributed by atoms with Crippen LogP contribution in [-0.2, 0) is 6.67 Å². The molecule has 0 radical (unpaired) electrons. The largest absolute Gasteiger partial charge is 0.387 e. The first-order valence-electron chi connectivity index (χ1n) is 9.56. The Kier molecular flexibility index (Phi) is 5.64. The third-order valence-electron chi connectivity index (χ3n) is 5.20. The van der Waals surface area contributed by atoms with Gasteiger partial charge in [0.25, 0.3) is 0 Å². The molecular formula is C21H24ClN4OS+. The minimum atomic E-state index is -0.243. The van der Waals surface area contributed by atoms with Crippen LogP contribution >= 0.6 is 23.8 Å². The molecule has 1 aliphatic rings. The Hall–Kier alpha value is -1.99. The predicted octanol–water partition coefficient (Wildman–Crippen LogP) is 3.03. The van der Waals surface area contributed by atoms with Crippen molar-refractivity contribution < 1.29 is 10.0 Å². The molecule has 2 aromatic carbocycles. The average Bonchev–Trinajstić information content (AvgIpc) is 2.99. The van der Waals surface area contributed by atoms with E-state index in [2.05, 4.69) is 31.2 Å². The van der Waals surface area contributed by atoms with Crippen LogP contribution in [0.5, 0.6) is 0 Å². The lowest BCUT2D eigenvalue weighted by molar-refractivity contribution is -0.931. The number of aliphatic hydroxyl groups is 1. The summed E-state index contributed by atoms with van der Waals surface area (Å²) in [5.74, 6) is 0.794. The average molecular weight is 416 g/mol. The van der Waals surface area contributed by atoms with Crippen molar-refractivity contribution in [2.75, 3.05) is 13.1 Å². The van der Waals surface area contributed by atoms with Gasteiger partial charge in [0, 0.05) is 16.3 Å². The zero-order valence-corrected chi connectivity index (χ0v) is 17.4. The van der Waals surface area contributed by atoms with E-state index in [1.807, 2.05) is 33.5 Å². The lowest BCUT2D eigenvalue weighted by atomic mass is 10.1. The number of piperidine rings is 1. The van der Waals surface area contributed by atoms with Crippen molar-refractivity contribution >= 4 is 23.8 Å². The van der Waals surface area contributed by atoms with E-state index in [1.54, 1.807) is 0 Å². The molecule has 1 unspecified atom stereocenters. The Morgan fingerprint density at radius 1 is 1.18 bits per heavy atom. The SMILES string of the molecule is Cc1ccc(-n2c(-c3ccc(Cl)cc3)nn(C[NH+]3CCC[C@H](O)C3)c2=S)cc1. The Balaban J connectivity index is 1.78. The standard InChI is InChI=1S/C21H23ClN4OS/c1-15-4-10-18(11-5-15)26-20(16-6-8-17(22)9-7-16)23-25(21(26)28)14-24-12-2-3-19(27)13-24/h4-11,19,27H,2-3,12-14H2,1H3/p+1/t19-/m0/s1. The quantitative estimate of drug-likeness (QED) is 0.644. The van der Waals surface area contributed by atoms with Crippen LogP contribution in [0.25, 0.3) is 17.1 Å². The summed E-state index contributed by atoms with van der Waals surface area (Å²) in [6.07, 6.45) is 1.66. The smallest absolute Gasteiger partial charge is 0.207 e. The second-order valence-electron chi connectivity index (χ2n) is 7.44. The minimum absolute atomic E-state index is 0.243. The summed E-state index contributed by atoms with van der Waals surface area (Å²) < 4.78 is 4.55. The number of nitrogens with one attached hydrogen (secondary N) is 1. The molecule has 7 heteroatoms. The van der Waals surface area contributed by atoms with Gasteiger partial charge in [0.15, 0.2) is 12.5 Å². The molecule has 0 bridgehead atoms. The van der Waals surface area contributed by atoms with Crippen LogP contribution in [0, 0.1) is 11.7 Å². The second-order valence-corrected chi connectivity index (χ2v) is 8.24. The highest BCUT2D eigenvalue weighted by Gasteiger charge is 2.23. The zero-order valence-electron chi connectivity index (χ0n) is 15.8. The van der Waals surface area contributed by atoms with Crippen LogP contribution < -0.4 is 4.90 Å². The number of hydrogen-bond donors (Lipinski definition) is 2. The summed E-state index contributed by atoms with van der Waals surface area (Å²) >= 11 is 11.9. The van der Waals surface area contributed by atoms with Gasteiger partial charge >= 0.3 is 0 Å². The summed E-state index contributed by atoms with van der Waals surface area (Å²) in [5.41, 5.74) is 3.14. The fourth-order valence-corrected chi connectivity index (χ4v) is 4.13. The topological polar surface area (TPSA) is 47.4 Å². The first kappa shape index (κ1) is 19.3. The Bertz CT molecular complexity index is 1010. The molecule has 1 aromatic heterocycles. The molecule has 1 aliphatic heterocycles. The molecule has 0 amide bonds. The summed E-state index contributed by atoms with van der Waals surface area (Å²) in [6, 6.07) is 15.9. The van der Waals surface area contributed by atoms with Gasteiger partial charge in [-0.2, -0.15) is 4.68 Å². The maximum atomic E-state index is 10.0. The number of nitrogens with zero attached hydrogens (tertiary/aromatic N) is 3. The van der Waals surface area contributed by atoms with Crippen LogP contribution in [0.2, 0.25) is 5.02 Å². The fraction of sp³-hybridized carbons (Fsp3) is 0.333. The van der Waals surface area contributed by atoms with E-state index in [-0.39, 0.29) is 6.10 Å². The molecule has 5 nitrogen and oxygen atoms in total. The monoisotopic (exact) mass is 415 g/mol. The molecule has 1 fully saturated rings. The van der Waals surface area contributed by atoms with Crippen LogP contribution in [0.1, 0.15) is 18.4 Å². The van der Waals surface area contributed by atoms with E-state index in [9.17, 15) is 5.11 Å². The van der Waals surface area contributed by atoms with Gasteiger partial charge in [-0.15, -0.1) is 5.10 Å². The highest BCUT2D eigenvalue weighted by atomic mass is 35.5. The molecular weight excluding hydrogens is 392 g/mol. The lowest BCUT2D eigenvalue weighted by Crippen LogP contribution is -3.13. The molecule has 0 saturated carbocycles. The van der Waals surface area contributed by atoms with Gasteiger partial charge in [0.2, 0.25) is 4.77 Å². The number of hydrogen-bond acceptors (Lipinski definition) is 3. The number of aliphatic hydroxyl groups excluding tert-OH is 1. The van der Waals surface area contributed by atoms with E-state index in [0.29, 0.717) is 16.5 Å². The first-order valence-corrected chi connectivity index (χ1v) is 10.3. The number of quaternary nitrogens is 1. The number of rotatable bonds is 4. The van der Waals surface area contributed by atoms with Crippen molar-refractivity contribution in [3.8, 4) is 17.1 Å². The predicted molar refractivity (Wildman–Crippen MR) is 114 cm³/mol. The van der Waals surface area contributed by atoms with Crippen LogP contribution in [0.3, 0.4) is 0 Å². The molecule has 28 heavy (non-hydrogen) atoms. The van der Waals surface area contributed by atoms with Gasteiger partial charge in [0.1, 0.15) is 12.6 Å². The van der Waals surface area contributed by atoms with E-state index < -0.39 is 0 Å². The van der Waals surface area contributed by atoms with E-state index in [1.165, 1.54) is 10.5 Å². The maximum Gasteiger partial charge on any atom is 0.207 e. The molecule has 3 aromatic rings. The van der Waals surface area contributed by atoms with Crippen LogP contribution in [-0.4, -0.2) is 38.6 Å². The van der Waals surface area contributed by atoms with Crippen molar-refractivity contribution in [2.24, 2.45) is 0 Å². The molecule has 2 heterocycles. The minimum Gasteiger partial charge on any atom is -0.387 e. The number of likely N-dealkylation sites (tertiary alicyclic amines) is 1. The van der Waals surface area contributed by atoms with Crippen molar-refractivity contribution in [1.82, 2.24) is 14.3 Å². The van der Waals surface area contributed by atoms with E-state index in [4.69, 9.17) is 28.9 Å². The summed E-state index contributed by atoms with van der Waals surface area (Å²) in [7, 11) is 0. The number of halogens is 1. The summed E-state index contributed by atoms with van der Waals surface area (Å²) in [4.78, 5) is 1.30. The molecule has 4 rings (SSSR count). The third-order valence-corrected chi connectivity index (χ3v) is 5.84. The van der Waals surface area contributed by atoms with Gasteiger partial charge in [-0.05, 0) is 68.4 Å². The van der Waals surface area contributed by atoms with Gasteiger partial charge in [-0.25, -0.2) is 0 Å². The molecule has 146 valence electrons. The van der Waals surface area contributed by atoms with Crippen LogP contribution in [0.4, 0.5) is 0 Å². The second kappa shape index (κ2) is 8.17. The number of aryl methyl sites for hydroxylation is 1. The van der Waals surface area contributed by atoms with Crippen molar-refractivity contribution in [3.63, 3.8) is 0 Å². The molecule has 2 atom stereocenters. The van der Waals surface area contributed by atoms with Gasteiger partial charge < -0.3 is 10.0 Å². The Labute approximate surface area is 174 Å². The van der Waals surface area contributed by atoms with Crippen molar-refractivity contribution in [1.29, 1.82) is 0 Å². The molecule has 0 spiro atoms. The first-order chi connectivity index (χ1) is 13.5. The number of aromatic nitrogens is 3. The molecule has 2 N–H and O–H groups in total. The lowest BCUT2D eigenvalue weighted by Gasteiger charge is -2.26. The van der Waals surface area contributed by atoms with Crippen molar-refractivity contribution in [2.45, 2.75) is 32.5 Å². The van der Waals surface area contributed by atoms with Gasteiger partial charge in [-0.1, -0.05) is 29.3 Å². The number of benzene rings is 2.